The summed E-state index contributed by atoms with van der Waals surface area (Å²) in [6.07, 6.45) is 0. The minimum absolute atomic E-state index is 0.890. The second kappa shape index (κ2) is 13.0. The number of benzene rings is 9. The Bertz CT molecular complexity index is 3570. The van der Waals surface area contributed by atoms with Crippen LogP contribution in [-0.4, -0.2) is 9.13 Å². The van der Waals surface area contributed by atoms with E-state index in [1.165, 1.54) is 71.5 Å². The summed E-state index contributed by atoms with van der Waals surface area (Å²) in [6, 6.07) is 72.4. The summed E-state index contributed by atoms with van der Waals surface area (Å²) in [4.78, 5) is 0. The quantitative estimate of drug-likeness (QED) is 0.170. The molecule has 0 aliphatic rings. The van der Waals surface area contributed by atoms with Crippen molar-refractivity contribution < 1.29 is 4.42 Å². The van der Waals surface area contributed by atoms with E-state index in [0.29, 0.717) is 0 Å². The molecule has 0 atom stereocenters. The van der Waals surface area contributed by atoms with Crippen LogP contribution in [0.1, 0.15) is 0 Å². The van der Waals surface area contributed by atoms with Crippen LogP contribution in [-0.2, 0) is 0 Å². The molecule has 0 amide bonds. The van der Waals surface area contributed by atoms with E-state index in [-0.39, 0.29) is 0 Å². The van der Waals surface area contributed by atoms with E-state index < -0.39 is 0 Å². The SMILES string of the molecule is Brc1ccc(-c2cc(-c3ccc4c(c3)c3ccccc3n4-c3cccc4oc5ccccc5c34)cc(-c3ccc4c5ccccc5n(-c5ccccc5)c4c3)c2)cc1. The zero-order chi connectivity index (χ0) is 38.3. The maximum Gasteiger partial charge on any atom is 0.137 e. The predicted molar refractivity (Wildman–Crippen MR) is 246 cm³/mol. The predicted octanol–water partition coefficient (Wildman–Crippen LogP) is 15.5. The fourth-order valence-electron chi connectivity index (χ4n) is 9.13. The number of rotatable bonds is 5. The lowest BCUT2D eigenvalue weighted by molar-refractivity contribution is 0.669. The van der Waals surface area contributed by atoms with Gasteiger partial charge in [-0.2, -0.15) is 0 Å². The number of hydrogen-bond acceptors (Lipinski definition) is 1. The van der Waals surface area contributed by atoms with Gasteiger partial charge in [0, 0.05) is 37.1 Å². The molecule has 3 heterocycles. The Morgan fingerprint density at radius 2 is 0.879 bits per heavy atom. The van der Waals surface area contributed by atoms with E-state index in [0.717, 1.165) is 43.3 Å². The zero-order valence-corrected chi connectivity index (χ0v) is 32.8. The second-order valence-electron chi connectivity index (χ2n) is 15.1. The van der Waals surface area contributed by atoms with Crippen LogP contribution in [0.3, 0.4) is 0 Å². The minimum Gasteiger partial charge on any atom is -0.456 e. The second-order valence-corrected chi connectivity index (χ2v) is 16.0. The molecule has 0 bridgehead atoms. The lowest BCUT2D eigenvalue weighted by Gasteiger charge is -2.13. The molecule has 4 heteroatoms. The van der Waals surface area contributed by atoms with Crippen LogP contribution in [0.25, 0.3) is 110 Å². The molecule has 58 heavy (non-hydrogen) atoms. The number of fused-ring (bicyclic) bond motifs is 9. The molecule has 0 saturated heterocycles. The summed E-state index contributed by atoms with van der Waals surface area (Å²) >= 11 is 3.66. The molecule has 12 rings (SSSR count). The van der Waals surface area contributed by atoms with Gasteiger partial charge in [-0.3, -0.25) is 0 Å². The van der Waals surface area contributed by atoms with E-state index in [9.17, 15) is 0 Å². The molecule has 0 radical (unpaired) electrons. The molecule has 3 nitrogen and oxygen atoms in total. The van der Waals surface area contributed by atoms with Crippen molar-refractivity contribution in [2.24, 2.45) is 0 Å². The van der Waals surface area contributed by atoms with Gasteiger partial charge in [0.2, 0.25) is 0 Å². The molecule has 272 valence electrons. The highest BCUT2D eigenvalue weighted by atomic mass is 79.9. The zero-order valence-electron chi connectivity index (χ0n) is 31.2. The van der Waals surface area contributed by atoms with Gasteiger partial charge in [-0.05, 0) is 124 Å². The Kier molecular flexibility index (Phi) is 7.38. The third kappa shape index (κ3) is 5.12. The van der Waals surface area contributed by atoms with Gasteiger partial charge in [-0.25, -0.2) is 0 Å². The molecule has 0 unspecified atom stereocenters. The van der Waals surface area contributed by atoms with Crippen LogP contribution in [0, 0.1) is 0 Å². The van der Waals surface area contributed by atoms with E-state index in [2.05, 4.69) is 219 Å². The van der Waals surface area contributed by atoms with Crippen LogP contribution >= 0.6 is 15.9 Å². The molecule has 0 aliphatic carbocycles. The molecule has 0 spiro atoms. The Balaban J connectivity index is 1.08. The first-order valence-electron chi connectivity index (χ1n) is 19.6. The third-order valence-electron chi connectivity index (χ3n) is 11.8. The number of para-hydroxylation sites is 4. The van der Waals surface area contributed by atoms with Crippen molar-refractivity contribution in [1.82, 2.24) is 9.13 Å². The average molecular weight is 806 g/mol. The van der Waals surface area contributed by atoms with Gasteiger partial charge in [0.25, 0.3) is 0 Å². The van der Waals surface area contributed by atoms with Crippen molar-refractivity contribution in [3.8, 4) is 44.8 Å². The molecule has 12 aromatic rings. The number of aromatic nitrogens is 2. The standard InChI is InChI=1S/C54H33BrN2O/c55-40-25-21-34(22-26-40)37-29-38(31-39(30-37)36-23-27-44-42-13-4-7-16-47(42)56(51(44)33-36)41-11-2-1-3-12-41)35-24-28-49-46(32-35)43-14-5-8-17-48(43)57(49)50-18-10-20-53-54(50)45-15-6-9-19-52(45)58-53/h1-33H. The maximum atomic E-state index is 6.34. The summed E-state index contributed by atoms with van der Waals surface area (Å²) in [5, 5.41) is 7.17. The van der Waals surface area contributed by atoms with Crippen molar-refractivity contribution in [3.05, 3.63) is 205 Å². The van der Waals surface area contributed by atoms with Gasteiger partial charge >= 0.3 is 0 Å². The molecule has 0 saturated carbocycles. The molecule has 9 aromatic carbocycles. The van der Waals surface area contributed by atoms with E-state index in [1.807, 2.05) is 6.07 Å². The summed E-state index contributed by atoms with van der Waals surface area (Å²) in [7, 11) is 0. The van der Waals surface area contributed by atoms with Gasteiger partial charge in [-0.15, -0.1) is 0 Å². The fraction of sp³-hybridized carbons (Fsp3) is 0. The lowest BCUT2D eigenvalue weighted by Crippen LogP contribution is -1.94. The van der Waals surface area contributed by atoms with Gasteiger partial charge in [-0.1, -0.05) is 125 Å². The molecular weight excluding hydrogens is 773 g/mol. The summed E-state index contributed by atoms with van der Waals surface area (Å²) in [6.45, 7) is 0. The van der Waals surface area contributed by atoms with Crippen molar-refractivity contribution >= 4 is 81.5 Å². The Hall–Kier alpha value is -7.14. The van der Waals surface area contributed by atoms with Crippen LogP contribution in [0.5, 0.6) is 0 Å². The van der Waals surface area contributed by atoms with Crippen molar-refractivity contribution in [2.75, 3.05) is 0 Å². The maximum absolute atomic E-state index is 6.34. The normalized spacial score (nSPS) is 11.9. The first-order chi connectivity index (χ1) is 28.7. The van der Waals surface area contributed by atoms with Crippen LogP contribution in [0.15, 0.2) is 209 Å². The summed E-state index contributed by atoms with van der Waals surface area (Å²) in [5.74, 6) is 0. The Labute approximate surface area is 342 Å². The Morgan fingerprint density at radius 1 is 0.328 bits per heavy atom. The minimum atomic E-state index is 0.890. The van der Waals surface area contributed by atoms with Gasteiger partial charge < -0.3 is 13.6 Å². The van der Waals surface area contributed by atoms with Crippen LogP contribution < -0.4 is 0 Å². The lowest BCUT2D eigenvalue weighted by atomic mass is 9.92. The largest absolute Gasteiger partial charge is 0.456 e. The van der Waals surface area contributed by atoms with Crippen LogP contribution in [0.2, 0.25) is 0 Å². The summed E-state index contributed by atoms with van der Waals surface area (Å²) in [5.41, 5.74) is 15.8. The number of furan rings is 1. The summed E-state index contributed by atoms with van der Waals surface area (Å²) < 4.78 is 12.2. The van der Waals surface area contributed by atoms with E-state index in [1.54, 1.807) is 0 Å². The van der Waals surface area contributed by atoms with Crippen molar-refractivity contribution in [3.63, 3.8) is 0 Å². The van der Waals surface area contributed by atoms with E-state index >= 15 is 0 Å². The Morgan fingerprint density at radius 3 is 1.66 bits per heavy atom. The van der Waals surface area contributed by atoms with Crippen LogP contribution in [0.4, 0.5) is 0 Å². The highest BCUT2D eigenvalue weighted by Gasteiger charge is 2.19. The number of halogens is 1. The fourth-order valence-corrected chi connectivity index (χ4v) is 9.39. The molecule has 0 fully saturated rings. The van der Waals surface area contributed by atoms with Gasteiger partial charge in [0.1, 0.15) is 11.2 Å². The first-order valence-corrected chi connectivity index (χ1v) is 20.4. The third-order valence-corrected chi connectivity index (χ3v) is 12.3. The molecule has 0 aliphatic heterocycles. The molecule has 3 aromatic heterocycles. The topological polar surface area (TPSA) is 23.0 Å². The smallest absolute Gasteiger partial charge is 0.137 e. The van der Waals surface area contributed by atoms with Crippen molar-refractivity contribution in [2.45, 2.75) is 0 Å². The number of nitrogens with zero attached hydrogens (tertiary/aromatic N) is 2. The van der Waals surface area contributed by atoms with Crippen molar-refractivity contribution in [1.29, 1.82) is 0 Å². The molecular formula is C54H33BrN2O. The highest BCUT2D eigenvalue weighted by Crippen LogP contribution is 2.42. The monoisotopic (exact) mass is 804 g/mol. The first kappa shape index (κ1) is 33.0. The average Bonchev–Trinajstić information content (AvgIpc) is 3.94. The number of hydrogen-bond donors (Lipinski definition) is 0. The molecule has 0 N–H and O–H groups in total. The van der Waals surface area contributed by atoms with Gasteiger partial charge in [0.05, 0.1) is 33.1 Å². The highest BCUT2D eigenvalue weighted by molar-refractivity contribution is 9.10. The van der Waals surface area contributed by atoms with E-state index in [4.69, 9.17) is 4.42 Å². The van der Waals surface area contributed by atoms with Gasteiger partial charge in [0.15, 0.2) is 0 Å².